The molecule has 0 fully saturated rings. The molecule has 0 saturated carbocycles. The van der Waals surface area contributed by atoms with Gasteiger partial charge in [0.25, 0.3) is 0 Å². The van der Waals surface area contributed by atoms with Crippen molar-refractivity contribution in [2.75, 3.05) is 13.1 Å². The predicted octanol–water partition coefficient (Wildman–Crippen LogP) is 4.16. The molecule has 1 N–H and O–H groups in total. The number of terminal acetylenes is 1. The summed E-state index contributed by atoms with van der Waals surface area (Å²) in [6.45, 7) is 5.76. The Morgan fingerprint density at radius 3 is 2.73 bits per heavy atom. The SMILES string of the molecule is C#CCNCC(=C)c1cccc(OCc2ccc(Cl)cc2)c1. The summed E-state index contributed by atoms with van der Waals surface area (Å²) in [5.74, 6) is 3.35. The van der Waals surface area contributed by atoms with E-state index in [1.54, 1.807) is 0 Å². The van der Waals surface area contributed by atoms with Crippen molar-refractivity contribution in [3.05, 3.63) is 71.3 Å². The van der Waals surface area contributed by atoms with Gasteiger partial charge in [-0.3, -0.25) is 0 Å². The van der Waals surface area contributed by atoms with Gasteiger partial charge in [-0.05, 0) is 41.0 Å². The maximum Gasteiger partial charge on any atom is 0.120 e. The summed E-state index contributed by atoms with van der Waals surface area (Å²) in [7, 11) is 0. The maximum absolute atomic E-state index is 5.87. The van der Waals surface area contributed by atoms with Crippen molar-refractivity contribution >= 4 is 17.2 Å². The van der Waals surface area contributed by atoms with Gasteiger partial charge in [-0.1, -0.05) is 48.4 Å². The molecule has 2 aromatic carbocycles. The van der Waals surface area contributed by atoms with Crippen molar-refractivity contribution in [1.29, 1.82) is 0 Å². The minimum atomic E-state index is 0.502. The van der Waals surface area contributed by atoms with Crippen LogP contribution >= 0.6 is 11.6 Å². The lowest BCUT2D eigenvalue weighted by Crippen LogP contribution is -2.16. The molecule has 0 bridgehead atoms. The minimum absolute atomic E-state index is 0.502. The van der Waals surface area contributed by atoms with E-state index in [4.69, 9.17) is 22.8 Å². The van der Waals surface area contributed by atoms with Crippen LogP contribution in [0.5, 0.6) is 5.75 Å². The molecule has 0 aromatic heterocycles. The van der Waals surface area contributed by atoms with Gasteiger partial charge in [-0.15, -0.1) is 6.42 Å². The van der Waals surface area contributed by atoms with E-state index < -0.39 is 0 Å². The predicted molar refractivity (Wildman–Crippen MR) is 93.0 cm³/mol. The average molecular weight is 312 g/mol. The lowest BCUT2D eigenvalue weighted by molar-refractivity contribution is 0.306. The third-order valence-corrected chi connectivity index (χ3v) is 3.38. The molecular formula is C19H18ClNO. The van der Waals surface area contributed by atoms with E-state index in [1.807, 2.05) is 48.5 Å². The fourth-order valence-electron chi connectivity index (χ4n) is 1.94. The Hall–Kier alpha value is -2.21. The second-order valence-electron chi connectivity index (χ2n) is 4.85. The molecule has 0 aliphatic heterocycles. The molecule has 0 spiro atoms. The van der Waals surface area contributed by atoms with Crippen molar-refractivity contribution in [2.24, 2.45) is 0 Å². The molecule has 0 aliphatic rings. The number of hydrogen-bond donors (Lipinski definition) is 1. The van der Waals surface area contributed by atoms with Gasteiger partial charge < -0.3 is 10.1 Å². The van der Waals surface area contributed by atoms with Crippen molar-refractivity contribution < 1.29 is 4.74 Å². The van der Waals surface area contributed by atoms with Crippen molar-refractivity contribution in [1.82, 2.24) is 5.32 Å². The van der Waals surface area contributed by atoms with Gasteiger partial charge in [0, 0.05) is 11.6 Å². The Balaban J connectivity index is 1.95. The molecule has 22 heavy (non-hydrogen) atoms. The van der Waals surface area contributed by atoms with Crippen LogP contribution in [0.25, 0.3) is 5.57 Å². The number of nitrogens with one attached hydrogen (secondary N) is 1. The molecular weight excluding hydrogens is 294 g/mol. The highest BCUT2D eigenvalue weighted by atomic mass is 35.5. The monoisotopic (exact) mass is 311 g/mol. The van der Waals surface area contributed by atoms with Crippen LogP contribution in [0.2, 0.25) is 5.02 Å². The molecule has 0 atom stereocenters. The lowest BCUT2D eigenvalue weighted by Gasteiger charge is -2.10. The summed E-state index contributed by atoms with van der Waals surface area (Å²) >= 11 is 5.87. The molecule has 0 amide bonds. The molecule has 3 heteroatoms. The molecule has 2 aromatic rings. The number of benzene rings is 2. The zero-order valence-electron chi connectivity index (χ0n) is 12.3. The summed E-state index contributed by atoms with van der Waals surface area (Å²) in [6, 6.07) is 15.5. The molecule has 0 unspecified atom stereocenters. The van der Waals surface area contributed by atoms with E-state index in [0.29, 0.717) is 19.7 Å². The van der Waals surface area contributed by atoms with E-state index in [2.05, 4.69) is 17.8 Å². The van der Waals surface area contributed by atoms with Gasteiger partial charge in [0.15, 0.2) is 0 Å². The van der Waals surface area contributed by atoms with Gasteiger partial charge in [-0.2, -0.15) is 0 Å². The van der Waals surface area contributed by atoms with E-state index >= 15 is 0 Å². The fraction of sp³-hybridized carbons (Fsp3) is 0.158. The van der Waals surface area contributed by atoms with Crippen LogP contribution in [0, 0.1) is 12.3 Å². The summed E-state index contributed by atoms with van der Waals surface area (Å²) in [4.78, 5) is 0. The normalized spacial score (nSPS) is 10.0. The Morgan fingerprint density at radius 1 is 1.23 bits per heavy atom. The minimum Gasteiger partial charge on any atom is -0.489 e. The Kier molecular flexibility index (Phi) is 6.09. The largest absolute Gasteiger partial charge is 0.489 e. The highest BCUT2D eigenvalue weighted by Crippen LogP contribution is 2.20. The van der Waals surface area contributed by atoms with Crippen molar-refractivity contribution in [2.45, 2.75) is 6.61 Å². The number of ether oxygens (including phenoxy) is 1. The smallest absolute Gasteiger partial charge is 0.120 e. The molecule has 0 heterocycles. The van der Waals surface area contributed by atoms with Crippen molar-refractivity contribution in [3.63, 3.8) is 0 Å². The first-order chi connectivity index (χ1) is 10.7. The van der Waals surface area contributed by atoms with Crippen LogP contribution in [0.15, 0.2) is 55.1 Å². The second kappa shape index (κ2) is 8.29. The third-order valence-electron chi connectivity index (χ3n) is 3.13. The zero-order valence-corrected chi connectivity index (χ0v) is 13.1. The van der Waals surface area contributed by atoms with Crippen LogP contribution in [0.3, 0.4) is 0 Å². The first-order valence-corrected chi connectivity index (χ1v) is 7.36. The fourth-order valence-corrected chi connectivity index (χ4v) is 2.07. The van der Waals surface area contributed by atoms with E-state index in [1.165, 1.54) is 0 Å². The third kappa shape index (κ3) is 4.96. The standard InChI is InChI=1S/C19H18ClNO/c1-3-11-21-13-15(2)17-5-4-6-19(12-17)22-14-16-7-9-18(20)10-8-16/h1,4-10,12,21H,2,11,13-14H2. The molecule has 112 valence electrons. The summed E-state index contributed by atoms with van der Waals surface area (Å²) in [6.07, 6.45) is 5.21. The molecule has 0 aliphatic carbocycles. The first kappa shape index (κ1) is 16.2. The van der Waals surface area contributed by atoms with Crippen LogP contribution in [0.1, 0.15) is 11.1 Å². The summed E-state index contributed by atoms with van der Waals surface area (Å²) < 4.78 is 5.81. The molecule has 0 radical (unpaired) electrons. The number of hydrogen-bond acceptors (Lipinski definition) is 2. The number of rotatable bonds is 7. The summed E-state index contributed by atoms with van der Waals surface area (Å²) in [5, 5.41) is 3.85. The lowest BCUT2D eigenvalue weighted by atomic mass is 10.1. The highest BCUT2D eigenvalue weighted by molar-refractivity contribution is 6.30. The van der Waals surface area contributed by atoms with Crippen LogP contribution in [0.4, 0.5) is 0 Å². The second-order valence-corrected chi connectivity index (χ2v) is 5.29. The highest BCUT2D eigenvalue weighted by Gasteiger charge is 2.02. The van der Waals surface area contributed by atoms with E-state index in [0.717, 1.165) is 27.5 Å². The van der Waals surface area contributed by atoms with Crippen molar-refractivity contribution in [3.8, 4) is 18.1 Å². The topological polar surface area (TPSA) is 21.3 Å². The van der Waals surface area contributed by atoms with Crippen LogP contribution in [-0.4, -0.2) is 13.1 Å². The molecule has 2 nitrogen and oxygen atoms in total. The molecule has 0 saturated heterocycles. The average Bonchev–Trinajstić information content (AvgIpc) is 2.55. The maximum atomic E-state index is 5.87. The quantitative estimate of drug-likeness (QED) is 0.612. The van der Waals surface area contributed by atoms with E-state index in [9.17, 15) is 0 Å². The Labute approximate surface area is 136 Å². The number of halogens is 1. The van der Waals surface area contributed by atoms with Gasteiger partial charge in [0.05, 0.1) is 6.54 Å². The first-order valence-electron chi connectivity index (χ1n) is 6.98. The molecule has 2 rings (SSSR count). The summed E-state index contributed by atoms with van der Waals surface area (Å²) in [5.41, 5.74) is 3.09. The van der Waals surface area contributed by atoms with E-state index in [-0.39, 0.29) is 0 Å². The van der Waals surface area contributed by atoms with Gasteiger partial charge in [-0.25, -0.2) is 0 Å². The van der Waals surface area contributed by atoms with Crippen LogP contribution in [-0.2, 0) is 6.61 Å². The van der Waals surface area contributed by atoms with Gasteiger partial charge >= 0.3 is 0 Å². The zero-order chi connectivity index (χ0) is 15.8. The van der Waals surface area contributed by atoms with Gasteiger partial charge in [0.1, 0.15) is 12.4 Å². The van der Waals surface area contributed by atoms with Crippen LogP contribution < -0.4 is 10.1 Å². The Morgan fingerprint density at radius 2 is 2.00 bits per heavy atom. The van der Waals surface area contributed by atoms with Gasteiger partial charge in [0.2, 0.25) is 0 Å². The Bertz CT molecular complexity index is 671.